The van der Waals surface area contributed by atoms with Gasteiger partial charge in [-0.15, -0.1) is 0 Å². The van der Waals surface area contributed by atoms with E-state index in [1.165, 1.54) is 18.2 Å². The van der Waals surface area contributed by atoms with Crippen LogP contribution in [-0.4, -0.2) is 10.1 Å². The zero-order chi connectivity index (χ0) is 12.4. The molecule has 0 fully saturated rings. The van der Waals surface area contributed by atoms with Gasteiger partial charge in [-0.2, -0.15) is 4.98 Å². The van der Waals surface area contributed by atoms with Crippen LogP contribution >= 0.6 is 0 Å². The van der Waals surface area contributed by atoms with Crippen molar-refractivity contribution in [1.82, 2.24) is 10.1 Å². The summed E-state index contributed by atoms with van der Waals surface area (Å²) >= 11 is 0. The SMILES string of the molecule is CC(C)Cc1noc(-c2cc(N)ccc2F)n1. The van der Waals surface area contributed by atoms with Crippen molar-refractivity contribution >= 4 is 5.69 Å². The van der Waals surface area contributed by atoms with E-state index in [0.717, 1.165) is 0 Å². The van der Waals surface area contributed by atoms with Crippen LogP contribution in [0.4, 0.5) is 10.1 Å². The number of anilines is 1. The molecule has 1 aromatic carbocycles. The van der Waals surface area contributed by atoms with Gasteiger partial charge < -0.3 is 10.3 Å². The van der Waals surface area contributed by atoms with Gasteiger partial charge in [0.05, 0.1) is 5.56 Å². The van der Waals surface area contributed by atoms with Crippen LogP contribution in [0, 0.1) is 11.7 Å². The van der Waals surface area contributed by atoms with Crippen LogP contribution in [-0.2, 0) is 6.42 Å². The Morgan fingerprint density at radius 1 is 1.41 bits per heavy atom. The molecule has 0 saturated carbocycles. The van der Waals surface area contributed by atoms with Crippen molar-refractivity contribution < 1.29 is 8.91 Å². The van der Waals surface area contributed by atoms with Gasteiger partial charge in [0.1, 0.15) is 5.82 Å². The van der Waals surface area contributed by atoms with Crippen LogP contribution in [0.1, 0.15) is 19.7 Å². The van der Waals surface area contributed by atoms with Gasteiger partial charge in [0.15, 0.2) is 5.82 Å². The van der Waals surface area contributed by atoms with Gasteiger partial charge in [0, 0.05) is 12.1 Å². The number of benzene rings is 1. The van der Waals surface area contributed by atoms with Gasteiger partial charge in [-0.25, -0.2) is 4.39 Å². The van der Waals surface area contributed by atoms with Crippen LogP contribution in [0.25, 0.3) is 11.5 Å². The molecule has 0 radical (unpaired) electrons. The first kappa shape index (κ1) is 11.6. The third-order valence-electron chi connectivity index (χ3n) is 2.28. The first-order valence-electron chi connectivity index (χ1n) is 5.44. The lowest BCUT2D eigenvalue weighted by molar-refractivity contribution is 0.415. The number of halogens is 1. The Balaban J connectivity index is 2.33. The highest BCUT2D eigenvalue weighted by molar-refractivity contribution is 5.60. The van der Waals surface area contributed by atoms with Crippen molar-refractivity contribution in [1.29, 1.82) is 0 Å². The van der Waals surface area contributed by atoms with E-state index < -0.39 is 5.82 Å². The first-order valence-corrected chi connectivity index (χ1v) is 5.44. The minimum absolute atomic E-state index is 0.172. The quantitative estimate of drug-likeness (QED) is 0.830. The molecule has 0 bridgehead atoms. The van der Waals surface area contributed by atoms with Crippen molar-refractivity contribution in [2.45, 2.75) is 20.3 Å². The molecule has 2 N–H and O–H groups in total. The summed E-state index contributed by atoms with van der Waals surface area (Å²) in [5, 5.41) is 3.81. The highest BCUT2D eigenvalue weighted by Crippen LogP contribution is 2.23. The molecular formula is C12H14FN3O. The lowest BCUT2D eigenvalue weighted by Crippen LogP contribution is -1.96. The van der Waals surface area contributed by atoms with Gasteiger partial charge in [-0.3, -0.25) is 0 Å². The Kier molecular flexibility index (Phi) is 3.08. The van der Waals surface area contributed by atoms with Crippen LogP contribution < -0.4 is 5.73 Å². The largest absolute Gasteiger partial charge is 0.399 e. The zero-order valence-electron chi connectivity index (χ0n) is 9.77. The Morgan fingerprint density at radius 2 is 2.18 bits per heavy atom. The molecule has 0 spiro atoms. The maximum absolute atomic E-state index is 13.5. The Labute approximate surface area is 98.6 Å². The van der Waals surface area contributed by atoms with E-state index >= 15 is 0 Å². The minimum Gasteiger partial charge on any atom is -0.399 e. The van der Waals surface area contributed by atoms with Crippen LogP contribution in [0.2, 0.25) is 0 Å². The first-order chi connectivity index (χ1) is 8.06. The molecule has 5 heteroatoms. The Hall–Kier alpha value is -1.91. The third-order valence-corrected chi connectivity index (χ3v) is 2.28. The van der Waals surface area contributed by atoms with E-state index in [1.807, 2.05) is 0 Å². The van der Waals surface area contributed by atoms with E-state index in [1.54, 1.807) is 0 Å². The molecule has 4 nitrogen and oxygen atoms in total. The van der Waals surface area contributed by atoms with Crippen molar-refractivity contribution in [3.8, 4) is 11.5 Å². The van der Waals surface area contributed by atoms with E-state index in [-0.39, 0.29) is 11.5 Å². The number of aromatic nitrogens is 2. The zero-order valence-corrected chi connectivity index (χ0v) is 9.77. The molecule has 17 heavy (non-hydrogen) atoms. The number of nitrogens with two attached hydrogens (primary N) is 1. The second kappa shape index (κ2) is 4.53. The summed E-state index contributed by atoms with van der Waals surface area (Å²) in [6.45, 7) is 4.11. The standard InChI is InChI=1S/C12H14FN3O/c1-7(2)5-11-15-12(17-16-11)9-6-8(14)3-4-10(9)13/h3-4,6-7H,5,14H2,1-2H3. The lowest BCUT2D eigenvalue weighted by atomic mass is 10.1. The molecule has 0 aliphatic carbocycles. The maximum Gasteiger partial charge on any atom is 0.260 e. The number of nitrogens with zero attached hydrogens (tertiary/aromatic N) is 2. The molecule has 0 unspecified atom stereocenters. The van der Waals surface area contributed by atoms with Crippen molar-refractivity contribution in [3.63, 3.8) is 0 Å². The molecule has 0 atom stereocenters. The molecule has 90 valence electrons. The molecule has 0 aliphatic heterocycles. The smallest absolute Gasteiger partial charge is 0.260 e. The Bertz CT molecular complexity index is 522. The van der Waals surface area contributed by atoms with E-state index in [9.17, 15) is 4.39 Å². The molecule has 0 saturated heterocycles. The van der Waals surface area contributed by atoms with Crippen LogP contribution in [0.3, 0.4) is 0 Å². The lowest BCUT2D eigenvalue weighted by Gasteiger charge is -1.98. The topological polar surface area (TPSA) is 64.9 Å². The molecule has 1 heterocycles. The highest BCUT2D eigenvalue weighted by Gasteiger charge is 2.14. The van der Waals surface area contributed by atoms with Crippen LogP contribution in [0.15, 0.2) is 22.7 Å². The van der Waals surface area contributed by atoms with Gasteiger partial charge in [-0.05, 0) is 24.1 Å². The molecule has 1 aromatic heterocycles. The number of nitrogen functional groups attached to an aromatic ring is 1. The average Bonchev–Trinajstić information content (AvgIpc) is 2.69. The van der Waals surface area contributed by atoms with Gasteiger partial charge in [0.2, 0.25) is 0 Å². The summed E-state index contributed by atoms with van der Waals surface area (Å²) in [6, 6.07) is 4.27. The summed E-state index contributed by atoms with van der Waals surface area (Å²) in [6.07, 6.45) is 0.702. The maximum atomic E-state index is 13.5. The number of hydrogen-bond donors (Lipinski definition) is 1. The molecule has 0 amide bonds. The van der Waals surface area contributed by atoms with E-state index in [4.69, 9.17) is 10.3 Å². The minimum atomic E-state index is -0.418. The average molecular weight is 235 g/mol. The second-order valence-corrected chi connectivity index (χ2v) is 4.35. The summed E-state index contributed by atoms with van der Waals surface area (Å²) in [5.74, 6) is 0.757. The highest BCUT2D eigenvalue weighted by atomic mass is 19.1. The van der Waals surface area contributed by atoms with Crippen LogP contribution in [0.5, 0.6) is 0 Å². The van der Waals surface area contributed by atoms with E-state index in [0.29, 0.717) is 23.9 Å². The fourth-order valence-corrected chi connectivity index (χ4v) is 1.52. The predicted molar refractivity (Wildman–Crippen MR) is 62.6 cm³/mol. The van der Waals surface area contributed by atoms with Gasteiger partial charge in [-0.1, -0.05) is 19.0 Å². The predicted octanol–water partition coefficient (Wildman–Crippen LogP) is 2.66. The monoisotopic (exact) mass is 235 g/mol. The second-order valence-electron chi connectivity index (χ2n) is 4.35. The molecule has 0 aliphatic rings. The molecule has 2 rings (SSSR count). The number of rotatable bonds is 3. The molecular weight excluding hydrogens is 221 g/mol. The van der Waals surface area contributed by atoms with Crippen molar-refractivity contribution in [3.05, 3.63) is 29.8 Å². The van der Waals surface area contributed by atoms with Crippen molar-refractivity contribution in [2.75, 3.05) is 5.73 Å². The Morgan fingerprint density at radius 3 is 2.88 bits per heavy atom. The van der Waals surface area contributed by atoms with Gasteiger partial charge >= 0.3 is 0 Å². The fourth-order valence-electron chi connectivity index (χ4n) is 1.52. The molecule has 2 aromatic rings. The van der Waals surface area contributed by atoms with Gasteiger partial charge in [0.25, 0.3) is 5.89 Å². The normalized spacial score (nSPS) is 11.1. The third kappa shape index (κ3) is 2.61. The summed E-state index contributed by atoms with van der Waals surface area (Å²) in [4.78, 5) is 4.15. The fraction of sp³-hybridized carbons (Fsp3) is 0.333. The summed E-state index contributed by atoms with van der Waals surface area (Å²) in [5.41, 5.74) is 6.30. The van der Waals surface area contributed by atoms with E-state index in [2.05, 4.69) is 24.0 Å². The number of hydrogen-bond acceptors (Lipinski definition) is 4. The summed E-state index contributed by atoms with van der Waals surface area (Å²) in [7, 11) is 0. The van der Waals surface area contributed by atoms with Crippen molar-refractivity contribution in [2.24, 2.45) is 5.92 Å². The summed E-state index contributed by atoms with van der Waals surface area (Å²) < 4.78 is 18.6.